The maximum absolute atomic E-state index is 10.0. The maximum Gasteiger partial charge on any atom is 0.213 e. The lowest BCUT2D eigenvalue weighted by molar-refractivity contribution is -0.740. The van der Waals surface area contributed by atoms with E-state index in [9.17, 15) is 10.2 Å². The van der Waals surface area contributed by atoms with Crippen LogP contribution in [0.3, 0.4) is 0 Å². The standard InChI is InChI=1S/C25H30NO2/c1-5-25(6-2)20(15-23(27)28)24-17(4)13-16(3)14-19(24)22-12-11-18-9-7-8-10-21(18)26(22)25/h7-14,20,23,27-28H,5-6,15H2,1-4H3/q+1. The molecule has 1 aromatic heterocycles. The third-order valence-electron chi connectivity index (χ3n) is 6.76. The summed E-state index contributed by atoms with van der Waals surface area (Å²) in [4.78, 5) is 0. The highest BCUT2D eigenvalue weighted by atomic mass is 16.5. The molecule has 2 aromatic carbocycles. The third-order valence-corrected chi connectivity index (χ3v) is 6.76. The normalized spacial score (nSPS) is 17.6. The number of pyridine rings is 1. The second-order valence-electron chi connectivity index (χ2n) is 8.24. The molecule has 0 saturated carbocycles. The Morgan fingerprint density at radius 3 is 2.39 bits per heavy atom. The Kier molecular flexibility index (Phi) is 4.76. The predicted molar refractivity (Wildman–Crippen MR) is 113 cm³/mol. The molecule has 2 N–H and O–H groups in total. The molecule has 0 aliphatic carbocycles. The van der Waals surface area contributed by atoms with Gasteiger partial charge in [0.15, 0.2) is 11.8 Å². The summed E-state index contributed by atoms with van der Waals surface area (Å²) in [5, 5.41) is 21.2. The Morgan fingerprint density at radius 2 is 1.71 bits per heavy atom. The minimum Gasteiger partial charge on any atom is -0.368 e. The van der Waals surface area contributed by atoms with Crippen LogP contribution in [-0.4, -0.2) is 16.5 Å². The molecule has 0 spiro atoms. The summed E-state index contributed by atoms with van der Waals surface area (Å²) < 4.78 is 2.50. The van der Waals surface area contributed by atoms with E-state index in [0.29, 0.717) is 6.42 Å². The maximum atomic E-state index is 10.0. The summed E-state index contributed by atoms with van der Waals surface area (Å²) in [6.07, 6.45) is 0.875. The number of hydrogen-bond donors (Lipinski definition) is 2. The largest absolute Gasteiger partial charge is 0.368 e. The Hall–Kier alpha value is -2.23. The van der Waals surface area contributed by atoms with Crippen LogP contribution in [0.1, 0.15) is 55.7 Å². The van der Waals surface area contributed by atoms with Crippen LogP contribution in [0.5, 0.6) is 0 Å². The fourth-order valence-corrected chi connectivity index (χ4v) is 5.58. The van der Waals surface area contributed by atoms with E-state index in [1.807, 2.05) is 0 Å². The predicted octanol–water partition coefficient (Wildman–Crippen LogP) is 4.72. The molecule has 1 unspecified atom stereocenters. The molecule has 0 bridgehead atoms. The van der Waals surface area contributed by atoms with Gasteiger partial charge in [-0.1, -0.05) is 37.6 Å². The lowest BCUT2D eigenvalue weighted by atomic mass is 9.67. The number of aryl methyl sites for hydroxylation is 2. The van der Waals surface area contributed by atoms with E-state index in [1.54, 1.807) is 0 Å². The number of benzene rings is 2. The van der Waals surface area contributed by atoms with E-state index in [-0.39, 0.29) is 11.5 Å². The van der Waals surface area contributed by atoms with Gasteiger partial charge in [-0.25, -0.2) is 0 Å². The van der Waals surface area contributed by atoms with Gasteiger partial charge in [0, 0.05) is 36.8 Å². The van der Waals surface area contributed by atoms with Crippen molar-refractivity contribution in [3.8, 4) is 11.3 Å². The molecule has 0 fully saturated rings. The van der Waals surface area contributed by atoms with Crippen LogP contribution >= 0.6 is 0 Å². The molecular weight excluding hydrogens is 346 g/mol. The zero-order valence-electron chi connectivity index (χ0n) is 17.2. The van der Waals surface area contributed by atoms with Gasteiger partial charge in [-0.15, -0.1) is 0 Å². The molecule has 28 heavy (non-hydrogen) atoms. The molecule has 3 aromatic rings. The van der Waals surface area contributed by atoms with Gasteiger partial charge in [0.2, 0.25) is 11.2 Å². The van der Waals surface area contributed by atoms with Gasteiger partial charge in [-0.2, -0.15) is 4.57 Å². The number of aromatic nitrogens is 1. The summed E-state index contributed by atoms with van der Waals surface area (Å²) in [7, 11) is 0. The third kappa shape index (κ3) is 2.68. The quantitative estimate of drug-likeness (QED) is 0.511. The van der Waals surface area contributed by atoms with Crippen LogP contribution in [0.2, 0.25) is 0 Å². The molecule has 3 nitrogen and oxygen atoms in total. The van der Waals surface area contributed by atoms with Crippen molar-refractivity contribution in [1.29, 1.82) is 0 Å². The molecule has 3 heteroatoms. The molecule has 0 saturated heterocycles. The van der Waals surface area contributed by atoms with E-state index in [2.05, 4.69) is 80.8 Å². The first-order valence-corrected chi connectivity index (χ1v) is 10.3. The molecule has 0 radical (unpaired) electrons. The summed E-state index contributed by atoms with van der Waals surface area (Å²) in [5.41, 5.74) is 7.22. The fourth-order valence-electron chi connectivity index (χ4n) is 5.58. The van der Waals surface area contributed by atoms with Gasteiger partial charge in [0.05, 0.1) is 11.5 Å². The van der Waals surface area contributed by atoms with E-state index < -0.39 is 6.29 Å². The number of nitrogens with zero attached hydrogens (tertiary/aromatic N) is 1. The van der Waals surface area contributed by atoms with Crippen molar-refractivity contribution in [2.45, 2.75) is 64.7 Å². The van der Waals surface area contributed by atoms with Gasteiger partial charge >= 0.3 is 0 Å². The van der Waals surface area contributed by atoms with Crippen LogP contribution in [0.4, 0.5) is 0 Å². The highest BCUT2D eigenvalue weighted by molar-refractivity contribution is 5.79. The highest BCUT2D eigenvalue weighted by Gasteiger charge is 2.53. The van der Waals surface area contributed by atoms with E-state index in [4.69, 9.17) is 0 Å². The molecule has 146 valence electrons. The van der Waals surface area contributed by atoms with Gasteiger partial charge in [-0.3, -0.25) is 0 Å². The Bertz CT molecular complexity index is 1030. The first-order valence-electron chi connectivity index (χ1n) is 10.3. The fraction of sp³-hybridized carbons (Fsp3) is 0.400. The first kappa shape index (κ1) is 19.1. The monoisotopic (exact) mass is 376 g/mol. The number of rotatable bonds is 4. The molecular formula is C25H30NO2+. The van der Waals surface area contributed by atoms with Crippen LogP contribution < -0.4 is 4.57 Å². The average molecular weight is 377 g/mol. The van der Waals surface area contributed by atoms with E-state index >= 15 is 0 Å². The Labute approximate surface area is 167 Å². The van der Waals surface area contributed by atoms with Gasteiger partial charge < -0.3 is 10.2 Å². The topological polar surface area (TPSA) is 44.3 Å². The smallest absolute Gasteiger partial charge is 0.213 e. The molecule has 1 aliphatic heterocycles. The Morgan fingerprint density at radius 1 is 1.00 bits per heavy atom. The zero-order valence-corrected chi connectivity index (χ0v) is 17.2. The number of para-hydroxylation sites is 1. The van der Waals surface area contributed by atoms with Crippen molar-refractivity contribution in [2.75, 3.05) is 0 Å². The van der Waals surface area contributed by atoms with Gasteiger partial charge in [0.25, 0.3) is 0 Å². The van der Waals surface area contributed by atoms with Crippen LogP contribution in [0, 0.1) is 13.8 Å². The summed E-state index contributed by atoms with van der Waals surface area (Å²) >= 11 is 0. The van der Waals surface area contributed by atoms with Gasteiger partial charge in [-0.05, 0) is 43.2 Å². The van der Waals surface area contributed by atoms with Crippen LogP contribution in [-0.2, 0) is 5.54 Å². The Balaban J connectivity index is 2.18. The summed E-state index contributed by atoms with van der Waals surface area (Å²) in [5.74, 6) is 0.0430. The highest BCUT2D eigenvalue weighted by Crippen LogP contribution is 2.49. The molecule has 1 aliphatic rings. The lowest BCUT2D eigenvalue weighted by Crippen LogP contribution is -2.63. The first-order chi connectivity index (χ1) is 13.4. The minimum absolute atomic E-state index is 0.0430. The van der Waals surface area contributed by atoms with E-state index in [1.165, 1.54) is 38.9 Å². The van der Waals surface area contributed by atoms with Crippen molar-refractivity contribution in [3.63, 3.8) is 0 Å². The van der Waals surface area contributed by atoms with Crippen LogP contribution in [0.25, 0.3) is 22.2 Å². The molecule has 4 rings (SSSR count). The number of fused-ring (bicyclic) bond motifs is 5. The second kappa shape index (κ2) is 6.98. The van der Waals surface area contributed by atoms with Crippen molar-refractivity contribution >= 4 is 10.9 Å². The number of aliphatic hydroxyl groups excluding tert-OH is 1. The number of hydrogen-bond acceptors (Lipinski definition) is 2. The van der Waals surface area contributed by atoms with Gasteiger partial charge in [0.1, 0.15) is 0 Å². The SMILES string of the molecule is CCC1(CC)C(CC(O)O)c2c(C)cc(C)cc2-c2ccc3ccccc3[n+]21. The molecule has 1 atom stereocenters. The zero-order chi connectivity index (χ0) is 20.1. The van der Waals surface area contributed by atoms with Crippen molar-refractivity contribution < 1.29 is 14.8 Å². The van der Waals surface area contributed by atoms with Crippen LogP contribution in [0.15, 0.2) is 48.5 Å². The minimum atomic E-state index is -1.33. The second-order valence-corrected chi connectivity index (χ2v) is 8.24. The lowest BCUT2D eigenvalue weighted by Gasteiger charge is -2.41. The number of aliphatic hydroxyl groups is 2. The van der Waals surface area contributed by atoms with Crippen molar-refractivity contribution in [3.05, 3.63) is 65.2 Å². The summed E-state index contributed by atoms with van der Waals surface area (Å²) in [6, 6.07) is 17.5. The van der Waals surface area contributed by atoms with Crippen molar-refractivity contribution in [2.24, 2.45) is 0 Å². The van der Waals surface area contributed by atoms with E-state index in [0.717, 1.165) is 12.8 Å². The molecule has 0 amide bonds. The summed E-state index contributed by atoms with van der Waals surface area (Å²) in [6.45, 7) is 8.76. The average Bonchev–Trinajstić information content (AvgIpc) is 2.67. The molecule has 2 heterocycles. The van der Waals surface area contributed by atoms with Crippen molar-refractivity contribution in [1.82, 2.24) is 0 Å².